The summed E-state index contributed by atoms with van der Waals surface area (Å²) in [7, 11) is 0. The largest absolute Gasteiger partial charge is 0.388 e. The van der Waals surface area contributed by atoms with Gasteiger partial charge < -0.3 is 9.67 Å². The minimum atomic E-state index is -0.0344. The van der Waals surface area contributed by atoms with Crippen molar-refractivity contribution < 1.29 is 5.11 Å². The molecule has 0 saturated heterocycles. The molecular weight excluding hydrogens is 226 g/mol. The van der Waals surface area contributed by atoms with E-state index in [1.807, 2.05) is 0 Å². The van der Waals surface area contributed by atoms with Gasteiger partial charge in [0.05, 0.1) is 0 Å². The molecule has 1 aliphatic rings. The maximum Gasteiger partial charge on any atom is 0.158 e. The van der Waals surface area contributed by atoms with E-state index in [1.165, 1.54) is 0 Å². The smallest absolute Gasteiger partial charge is 0.158 e. The van der Waals surface area contributed by atoms with Gasteiger partial charge in [0.25, 0.3) is 0 Å². The molecule has 1 aromatic rings. The van der Waals surface area contributed by atoms with Crippen molar-refractivity contribution in [1.29, 1.82) is 0 Å². The minimum Gasteiger partial charge on any atom is -0.388 e. The van der Waals surface area contributed by atoms with Gasteiger partial charge in [0.2, 0.25) is 0 Å². The third-order valence-electron chi connectivity index (χ3n) is 4.82. The molecule has 0 unspecified atom stereocenters. The summed E-state index contributed by atoms with van der Waals surface area (Å²) in [6, 6.07) is 0. The number of aromatic nitrogens is 3. The monoisotopic (exact) mass is 251 g/mol. The molecule has 0 spiro atoms. The van der Waals surface area contributed by atoms with E-state index in [0.29, 0.717) is 17.7 Å². The van der Waals surface area contributed by atoms with Gasteiger partial charge in [-0.15, -0.1) is 10.2 Å². The van der Waals surface area contributed by atoms with E-state index in [2.05, 4.69) is 56.3 Å². The van der Waals surface area contributed by atoms with E-state index in [-0.39, 0.29) is 17.4 Å². The van der Waals surface area contributed by atoms with Crippen LogP contribution >= 0.6 is 0 Å². The van der Waals surface area contributed by atoms with Gasteiger partial charge in [-0.3, -0.25) is 0 Å². The fraction of sp³-hybridized carbons (Fsp3) is 0.857. The molecule has 4 heteroatoms. The van der Waals surface area contributed by atoms with Crippen LogP contribution in [0.1, 0.15) is 59.1 Å². The number of rotatable bonds is 4. The number of hydrogen-bond donors (Lipinski definition) is 1. The fourth-order valence-electron chi connectivity index (χ4n) is 3.09. The van der Waals surface area contributed by atoms with Gasteiger partial charge in [0, 0.05) is 12.5 Å². The SMILES string of the molecule is CC(C)Cn1c(CO)nnc1C1C(C)(C)C1(C)C. The summed E-state index contributed by atoms with van der Waals surface area (Å²) < 4.78 is 2.12. The van der Waals surface area contributed by atoms with E-state index in [9.17, 15) is 5.11 Å². The lowest BCUT2D eigenvalue weighted by Crippen LogP contribution is -2.13. The summed E-state index contributed by atoms with van der Waals surface area (Å²) in [5.41, 5.74) is 0.503. The maximum atomic E-state index is 9.38. The topological polar surface area (TPSA) is 50.9 Å². The highest BCUT2D eigenvalue weighted by Gasteiger charge is 2.67. The van der Waals surface area contributed by atoms with Gasteiger partial charge in [-0.2, -0.15) is 0 Å². The lowest BCUT2D eigenvalue weighted by molar-refractivity contribution is 0.261. The van der Waals surface area contributed by atoms with Crippen LogP contribution < -0.4 is 0 Å². The van der Waals surface area contributed by atoms with Gasteiger partial charge in [0.15, 0.2) is 5.82 Å². The Kier molecular flexibility index (Phi) is 3.05. The van der Waals surface area contributed by atoms with E-state index in [4.69, 9.17) is 0 Å². The maximum absolute atomic E-state index is 9.38. The Morgan fingerprint density at radius 1 is 1.17 bits per heavy atom. The third kappa shape index (κ3) is 1.78. The summed E-state index contributed by atoms with van der Waals surface area (Å²) in [6.45, 7) is 14.3. The van der Waals surface area contributed by atoms with Crippen LogP contribution in [-0.2, 0) is 13.2 Å². The average Bonchev–Trinajstić information content (AvgIpc) is 2.57. The standard InChI is InChI=1S/C14H25N3O/c1-9(2)7-17-10(8-18)15-16-12(17)11-13(3,4)14(11,5)6/h9,11,18H,7-8H2,1-6H3. The summed E-state index contributed by atoms with van der Waals surface area (Å²) in [5.74, 6) is 2.69. The molecule has 0 bridgehead atoms. The van der Waals surface area contributed by atoms with Crippen molar-refractivity contribution in [3.8, 4) is 0 Å². The van der Waals surface area contributed by atoms with Gasteiger partial charge in [-0.1, -0.05) is 41.5 Å². The summed E-state index contributed by atoms with van der Waals surface area (Å²) in [5, 5.41) is 17.9. The zero-order valence-corrected chi connectivity index (χ0v) is 12.4. The highest BCUT2D eigenvalue weighted by Crippen LogP contribution is 2.73. The first kappa shape index (κ1) is 13.5. The van der Waals surface area contributed by atoms with Crippen LogP contribution in [-0.4, -0.2) is 19.9 Å². The summed E-state index contributed by atoms with van der Waals surface area (Å²) in [4.78, 5) is 0. The van der Waals surface area contributed by atoms with E-state index < -0.39 is 0 Å². The number of aliphatic hydroxyl groups excluding tert-OH is 1. The van der Waals surface area contributed by atoms with Crippen LogP contribution in [0.2, 0.25) is 0 Å². The summed E-state index contributed by atoms with van der Waals surface area (Å²) in [6.07, 6.45) is 0. The molecular formula is C14H25N3O. The molecule has 1 heterocycles. The number of hydrogen-bond acceptors (Lipinski definition) is 3. The molecule has 0 aromatic carbocycles. The molecule has 102 valence electrons. The Bertz CT molecular complexity index is 432. The minimum absolute atomic E-state index is 0.0344. The second-order valence-corrected chi connectivity index (χ2v) is 7.01. The molecule has 18 heavy (non-hydrogen) atoms. The highest BCUT2D eigenvalue weighted by molar-refractivity contribution is 5.27. The molecule has 1 aliphatic carbocycles. The predicted octanol–water partition coefficient (Wildman–Crippen LogP) is 2.58. The Morgan fingerprint density at radius 2 is 1.72 bits per heavy atom. The highest BCUT2D eigenvalue weighted by atomic mass is 16.3. The van der Waals surface area contributed by atoms with Crippen molar-refractivity contribution in [2.45, 2.75) is 60.6 Å². The zero-order valence-electron chi connectivity index (χ0n) is 12.4. The summed E-state index contributed by atoms with van der Waals surface area (Å²) >= 11 is 0. The van der Waals surface area contributed by atoms with E-state index in [0.717, 1.165) is 12.4 Å². The van der Waals surface area contributed by atoms with Gasteiger partial charge in [-0.25, -0.2) is 0 Å². The van der Waals surface area contributed by atoms with Crippen molar-refractivity contribution in [3.05, 3.63) is 11.6 Å². The van der Waals surface area contributed by atoms with E-state index in [1.54, 1.807) is 0 Å². The first-order chi connectivity index (χ1) is 8.23. The van der Waals surface area contributed by atoms with Gasteiger partial charge >= 0.3 is 0 Å². The Hall–Kier alpha value is -0.900. The first-order valence-corrected chi connectivity index (χ1v) is 6.76. The van der Waals surface area contributed by atoms with Gasteiger partial charge in [-0.05, 0) is 16.7 Å². The average molecular weight is 251 g/mol. The molecule has 0 radical (unpaired) electrons. The van der Waals surface area contributed by atoms with Crippen LogP contribution in [0.4, 0.5) is 0 Å². The Labute approximate surface area is 109 Å². The first-order valence-electron chi connectivity index (χ1n) is 6.76. The Balaban J connectivity index is 2.38. The third-order valence-corrected chi connectivity index (χ3v) is 4.82. The zero-order chi connectivity index (χ0) is 13.7. The molecule has 1 aromatic heterocycles. The molecule has 0 aliphatic heterocycles. The van der Waals surface area contributed by atoms with Crippen LogP contribution in [0, 0.1) is 16.7 Å². The van der Waals surface area contributed by atoms with Crippen LogP contribution in [0.5, 0.6) is 0 Å². The lowest BCUT2D eigenvalue weighted by Gasteiger charge is -2.12. The second-order valence-electron chi connectivity index (χ2n) is 7.01. The quantitative estimate of drug-likeness (QED) is 0.894. The van der Waals surface area contributed by atoms with Crippen LogP contribution in [0.15, 0.2) is 0 Å². The molecule has 0 amide bonds. The molecule has 1 fully saturated rings. The predicted molar refractivity (Wildman–Crippen MR) is 71.1 cm³/mol. The molecule has 0 atom stereocenters. The van der Waals surface area contributed by atoms with Crippen LogP contribution in [0.3, 0.4) is 0 Å². The molecule has 2 rings (SSSR count). The molecule has 1 saturated carbocycles. The fourth-order valence-corrected chi connectivity index (χ4v) is 3.09. The normalized spacial score (nSPS) is 21.6. The van der Waals surface area contributed by atoms with Crippen molar-refractivity contribution >= 4 is 0 Å². The van der Waals surface area contributed by atoms with Crippen molar-refractivity contribution in [2.24, 2.45) is 16.7 Å². The van der Waals surface area contributed by atoms with Crippen molar-refractivity contribution in [3.63, 3.8) is 0 Å². The molecule has 1 N–H and O–H groups in total. The van der Waals surface area contributed by atoms with Gasteiger partial charge in [0.1, 0.15) is 12.4 Å². The Morgan fingerprint density at radius 3 is 2.11 bits per heavy atom. The van der Waals surface area contributed by atoms with Crippen LogP contribution in [0.25, 0.3) is 0 Å². The van der Waals surface area contributed by atoms with E-state index >= 15 is 0 Å². The number of nitrogens with zero attached hydrogens (tertiary/aromatic N) is 3. The van der Waals surface area contributed by atoms with Crippen molar-refractivity contribution in [1.82, 2.24) is 14.8 Å². The lowest BCUT2D eigenvalue weighted by atomic mass is 10.0. The second kappa shape index (κ2) is 4.05. The number of aliphatic hydroxyl groups is 1. The van der Waals surface area contributed by atoms with Crippen molar-refractivity contribution in [2.75, 3.05) is 0 Å². The molecule has 4 nitrogen and oxygen atoms in total.